The lowest BCUT2D eigenvalue weighted by molar-refractivity contribution is 0.0525. The zero-order chi connectivity index (χ0) is 12.8. The largest absolute Gasteiger partial charge is 0.462 e. The molecular formula is C13H14BrNO2. The third-order valence-electron chi connectivity index (χ3n) is 2.50. The number of benzene rings is 1. The van der Waals surface area contributed by atoms with Crippen molar-refractivity contribution >= 4 is 21.9 Å². The van der Waals surface area contributed by atoms with E-state index in [0.717, 1.165) is 11.1 Å². The van der Waals surface area contributed by atoms with E-state index in [1.165, 1.54) is 0 Å². The van der Waals surface area contributed by atoms with Crippen molar-refractivity contribution in [2.45, 2.75) is 25.6 Å². The topological polar surface area (TPSA) is 50.1 Å². The summed E-state index contributed by atoms with van der Waals surface area (Å²) >= 11 is 3.34. The molecule has 0 fully saturated rings. The van der Waals surface area contributed by atoms with Gasteiger partial charge in [-0.2, -0.15) is 5.26 Å². The van der Waals surface area contributed by atoms with Crippen molar-refractivity contribution in [3.8, 4) is 6.07 Å². The number of hydrogen-bond acceptors (Lipinski definition) is 3. The Hall–Kier alpha value is -1.34. The van der Waals surface area contributed by atoms with Crippen LogP contribution in [0.3, 0.4) is 0 Å². The van der Waals surface area contributed by atoms with Crippen molar-refractivity contribution in [1.82, 2.24) is 0 Å². The molecule has 0 aliphatic heterocycles. The molecule has 0 aromatic heterocycles. The zero-order valence-corrected chi connectivity index (χ0v) is 11.5. The SMILES string of the molecule is CCOC(=O)c1ccc(CBr)c(C#N)c1CC. The van der Waals surface area contributed by atoms with Gasteiger partial charge in [-0.15, -0.1) is 0 Å². The second-order valence-electron chi connectivity index (χ2n) is 3.45. The summed E-state index contributed by atoms with van der Waals surface area (Å²) in [4.78, 5) is 11.7. The van der Waals surface area contributed by atoms with E-state index in [0.29, 0.717) is 29.5 Å². The number of rotatable bonds is 4. The second kappa shape index (κ2) is 6.41. The molecule has 0 N–H and O–H groups in total. The van der Waals surface area contributed by atoms with E-state index in [1.807, 2.05) is 6.92 Å². The lowest BCUT2D eigenvalue weighted by Crippen LogP contribution is -2.10. The molecule has 0 spiro atoms. The molecule has 1 aromatic rings. The van der Waals surface area contributed by atoms with Crippen LogP contribution < -0.4 is 0 Å². The molecule has 0 atom stereocenters. The summed E-state index contributed by atoms with van der Waals surface area (Å²) in [5, 5.41) is 9.78. The number of nitrogens with zero attached hydrogens (tertiary/aromatic N) is 1. The van der Waals surface area contributed by atoms with Gasteiger partial charge in [0.05, 0.1) is 23.8 Å². The predicted molar refractivity (Wildman–Crippen MR) is 69.1 cm³/mol. The smallest absolute Gasteiger partial charge is 0.338 e. The van der Waals surface area contributed by atoms with Gasteiger partial charge in [-0.05, 0) is 30.5 Å². The molecular weight excluding hydrogens is 282 g/mol. The Balaban J connectivity index is 3.34. The van der Waals surface area contributed by atoms with Gasteiger partial charge in [0.2, 0.25) is 0 Å². The molecule has 0 aliphatic carbocycles. The Morgan fingerprint density at radius 3 is 2.65 bits per heavy atom. The Labute approximate surface area is 110 Å². The van der Waals surface area contributed by atoms with Gasteiger partial charge in [0.25, 0.3) is 0 Å². The van der Waals surface area contributed by atoms with E-state index < -0.39 is 0 Å². The van der Waals surface area contributed by atoms with E-state index in [1.54, 1.807) is 19.1 Å². The van der Waals surface area contributed by atoms with Crippen LogP contribution >= 0.6 is 15.9 Å². The minimum atomic E-state index is -0.359. The molecule has 0 heterocycles. The number of alkyl halides is 1. The van der Waals surface area contributed by atoms with Gasteiger partial charge < -0.3 is 4.74 Å². The van der Waals surface area contributed by atoms with E-state index in [4.69, 9.17) is 4.74 Å². The van der Waals surface area contributed by atoms with Crippen molar-refractivity contribution in [3.05, 3.63) is 34.4 Å². The summed E-state index contributed by atoms with van der Waals surface area (Å²) in [6.07, 6.45) is 0.637. The van der Waals surface area contributed by atoms with Crippen LogP contribution in [0, 0.1) is 11.3 Å². The van der Waals surface area contributed by atoms with Crippen molar-refractivity contribution in [3.63, 3.8) is 0 Å². The highest BCUT2D eigenvalue weighted by atomic mass is 79.9. The normalized spacial score (nSPS) is 9.76. The minimum absolute atomic E-state index is 0.337. The number of carbonyl (C=O) groups is 1. The van der Waals surface area contributed by atoms with Gasteiger partial charge in [0, 0.05) is 5.33 Å². The van der Waals surface area contributed by atoms with Crippen LogP contribution in [0.5, 0.6) is 0 Å². The molecule has 0 saturated carbocycles. The fourth-order valence-electron chi connectivity index (χ4n) is 1.71. The molecule has 90 valence electrons. The van der Waals surface area contributed by atoms with Crippen LogP contribution in [-0.2, 0) is 16.5 Å². The Kier molecular flexibility index (Phi) is 5.17. The molecule has 1 rings (SSSR count). The predicted octanol–water partition coefficient (Wildman–Crippen LogP) is 3.19. The summed E-state index contributed by atoms with van der Waals surface area (Å²) in [5.74, 6) is -0.359. The molecule has 0 aliphatic rings. The quantitative estimate of drug-likeness (QED) is 0.633. The molecule has 0 saturated heterocycles. The van der Waals surface area contributed by atoms with Crippen molar-refractivity contribution < 1.29 is 9.53 Å². The number of esters is 1. The maximum absolute atomic E-state index is 11.7. The third-order valence-corrected chi connectivity index (χ3v) is 3.11. The molecule has 0 radical (unpaired) electrons. The van der Waals surface area contributed by atoms with Gasteiger partial charge in [-0.25, -0.2) is 4.79 Å². The van der Waals surface area contributed by atoms with Crippen LogP contribution in [0.1, 0.15) is 40.9 Å². The van der Waals surface area contributed by atoms with E-state index in [9.17, 15) is 10.1 Å². The second-order valence-corrected chi connectivity index (χ2v) is 4.01. The Bertz CT molecular complexity index is 463. The minimum Gasteiger partial charge on any atom is -0.462 e. The lowest BCUT2D eigenvalue weighted by Gasteiger charge is -2.11. The molecule has 0 amide bonds. The molecule has 3 nitrogen and oxygen atoms in total. The molecule has 1 aromatic carbocycles. The van der Waals surface area contributed by atoms with Crippen LogP contribution in [-0.4, -0.2) is 12.6 Å². The molecule has 0 bridgehead atoms. The lowest BCUT2D eigenvalue weighted by atomic mass is 9.95. The molecule has 17 heavy (non-hydrogen) atoms. The number of nitriles is 1. The van der Waals surface area contributed by atoms with E-state index in [-0.39, 0.29) is 5.97 Å². The van der Waals surface area contributed by atoms with Crippen LogP contribution in [0.15, 0.2) is 12.1 Å². The summed E-state index contributed by atoms with van der Waals surface area (Å²) in [7, 11) is 0. The first-order valence-electron chi connectivity index (χ1n) is 5.47. The number of hydrogen-bond donors (Lipinski definition) is 0. The summed E-state index contributed by atoms with van der Waals surface area (Å²) in [6.45, 7) is 4.03. The molecule has 0 unspecified atom stereocenters. The molecule has 4 heteroatoms. The van der Waals surface area contributed by atoms with Crippen LogP contribution in [0.25, 0.3) is 0 Å². The Morgan fingerprint density at radius 2 is 2.18 bits per heavy atom. The highest BCUT2D eigenvalue weighted by Gasteiger charge is 2.17. The summed E-state index contributed by atoms with van der Waals surface area (Å²) in [6, 6.07) is 5.69. The van der Waals surface area contributed by atoms with E-state index >= 15 is 0 Å². The van der Waals surface area contributed by atoms with Crippen molar-refractivity contribution in [2.24, 2.45) is 0 Å². The van der Waals surface area contributed by atoms with Crippen molar-refractivity contribution in [1.29, 1.82) is 5.26 Å². The highest BCUT2D eigenvalue weighted by molar-refractivity contribution is 9.08. The zero-order valence-electron chi connectivity index (χ0n) is 9.92. The fraction of sp³-hybridized carbons (Fsp3) is 0.385. The number of ether oxygens (including phenoxy) is 1. The maximum Gasteiger partial charge on any atom is 0.338 e. The fourth-order valence-corrected chi connectivity index (χ4v) is 2.18. The van der Waals surface area contributed by atoms with Crippen LogP contribution in [0.4, 0.5) is 0 Å². The van der Waals surface area contributed by atoms with Crippen LogP contribution in [0.2, 0.25) is 0 Å². The van der Waals surface area contributed by atoms with Gasteiger partial charge in [0.15, 0.2) is 0 Å². The van der Waals surface area contributed by atoms with E-state index in [2.05, 4.69) is 22.0 Å². The van der Waals surface area contributed by atoms with Gasteiger partial charge in [0.1, 0.15) is 0 Å². The first-order chi connectivity index (χ1) is 8.19. The third kappa shape index (κ3) is 2.86. The average Bonchev–Trinajstić information content (AvgIpc) is 2.36. The van der Waals surface area contributed by atoms with Gasteiger partial charge >= 0.3 is 5.97 Å². The monoisotopic (exact) mass is 295 g/mol. The maximum atomic E-state index is 11.7. The summed E-state index contributed by atoms with van der Waals surface area (Å²) in [5.41, 5.74) is 2.74. The first-order valence-corrected chi connectivity index (χ1v) is 6.59. The average molecular weight is 296 g/mol. The van der Waals surface area contributed by atoms with Gasteiger partial charge in [-0.3, -0.25) is 0 Å². The standard InChI is InChI=1S/C13H14BrNO2/c1-3-10-11(13(16)17-4-2)6-5-9(7-14)12(10)8-15/h5-6H,3-4,7H2,1-2H3. The Morgan fingerprint density at radius 1 is 1.47 bits per heavy atom. The summed E-state index contributed by atoms with van der Waals surface area (Å²) < 4.78 is 4.98. The highest BCUT2D eigenvalue weighted by Crippen LogP contribution is 2.22. The van der Waals surface area contributed by atoms with Gasteiger partial charge in [-0.1, -0.05) is 28.9 Å². The first kappa shape index (κ1) is 13.7. The number of carbonyl (C=O) groups excluding carboxylic acids is 1. The van der Waals surface area contributed by atoms with Crippen molar-refractivity contribution in [2.75, 3.05) is 6.61 Å². The number of halogens is 1.